The van der Waals surface area contributed by atoms with Gasteiger partial charge in [-0.3, -0.25) is 4.99 Å². The second kappa shape index (κ2) is 7.29. The number of likely N-dealkylation sites (tertiary alicyclic amines) is 1. The molecule has 1 fully saturated rings. The number of benzene rings is 1. The van der Waals surface area contributed by atoms with Crippen molar-refractivity contribution in [3.63, 3.8) is 0 Å². The molecule has 1 aromatic carbocycles. The number of hydrogen-bond donors (Lipinski definition) is 1. The van der Waals surface area contributed by atoms with Crippen molar-refractivity contribution in [2.45, 2.75) is 32.8 Å². The van der Waals surface area contributed by atoms with Crippen LogP contribution < -0.4 is 10.5 Å². The largest absolute Gasteiger partial charge is 0.491 e. The van der Waals surface area contributed by atoms with E-state index in [0.717, 1.165) is 24.4 Å². The van der Waals surface area contributed by atoms with Crippen LogP contribution in [0.3, 0.4) is 0 Å². The smallest absolute Gasteiger partial charge is 0.125 e. The Bertz CT molecular complexity index is 434. The lowest BCUT2D eigenvalue weighted by atomic mass is 10.2. The topological polar surface area (TPSA) is 50.9 Å². The quantitative estimate of drug-likeness (QED) is 0.640. The summed E-state index contributed by atoms with van der Waals surface area (Å²) in [5, 5.41) is 0. The van der Waals surface area contributed by atoms with Crippen LogP contribution in [0, 0.1) is 0 Å². The molecule has 4 heteroatoms. The SMILES string of the molecule is CC(C)Oc1ccc(C(N)=NCCN2CCCC2)cc1. The molecule has 0 aromatic heterocycles. The first-order chi connectivity index (χ1) is 9.65. The Morgan fingerprint density at radius 3 is 2.50 bits per heavy atom. The molecule has 2 N–H and O–H groups in total. The van der Waals surface area contributed by atoms with Crippen LogP contribution in [0.25, 0.3) is 0 Å². The summed E-state index contributed by atoms with van der Waals surface area (Å²) in [6.07, 6.45) is 2.82. The van der Waals surface area contributed by atoms with Gasteiger partial charge in [0, 0.05) is 12.1 Å². The van der Waals surface area contributed by atoms with E-state index in [0.29, 0.717) is 5.84 Å². The Hall–Kier alpha value is -1.55. The van der Waals surface area contributed by atoms with Crippen molar-refractivity contribution in [2.75, 3.05) is 26.2 Å². The molecule has 1 aliphatic rings. The lowest BCUT2D eigenvalue weighted by Gasteiger charge is -2.12. The van der Waals surface area contributed by atoms with E-state index in [1.807, 2.05) is 38.1 Å². The van der Waals surface area contributed by atoms with Crippen LogP contribution in [0.5, 0.6) is 5.75 Å². The van der Waals surface area contributed by atoms with Crippen LogP contribution in [0.2, 0.25) is 0 Å². The van der Waals surface area contributed by atoms with Crippen LogP contribution >= 0.6 is 0 Å². The molecule has 110 valence electrons. The van der Waals surface area contributed by atoms with E-state index >= 15 is 0 Å². The first-order valence-electron chi connectivity index (χ1n) is 7.44. The molecule has 20 heavy (non-hydrogen) atoms. The van der Waals surface area contributed by atoms with Gasteiger partial charge in [-0.15, -0.1) is 0 Å². The number of hydrogen-bond acceptors (Lipinski definition) is 3. The van der Waals surface area contributed by atoms with Crippen LogP contribution in [0.15, 0.2) is 29.3 Å². The van der Waals surface area contributed by atoms with Gasteiger partial charge >= 0.3 is 0 Å². The number of nitrogens with two attached hydrogens (primary N) is 1. The summed E-state index contributed by atoms with van der Waals surface area (Å²) in [4.78, 5) is 6.90. The van der Waals surface area contributed by atoms with Crippen LogP contribution in [-0.4, -0.2) is 43.0 Å². The molecule has 0 aliphatic carbocycles. The highest BCUT2D eigenvalue weighted by atomic mass is 16.5. The van der Waals surface area contributed by atoms with Gasteiger partial charge in [0.05, 0.1) is 12.6 Å². The lowest BCUT2D eigenvalue weighted by Crippen LogP contribution is -2.24. The summed E-state index contributed by atoms with van der Waals surface area (Å²) in [5.41, 5.74) is 6.98. The fraction of sp³-hybridized carbons (Fsp3) is 0.562. The van der Waals surface area contributed by atoms with Crippen LogP contribution in [0.1, 0.15) is 32.3 Å². The zero-order chi connectivity index (χ0) is 14.4. The van der Waals surface area contributed by atoms with E-state index in [2.05, 4.69) is 9.89 Å². The van der Waals surface area contributed by atoms with Crippen molar-refractivity contribution < 1.29 is 4.74 Å². The molecule has 1 saturated heterocycles. The first kappa shape index (κ1) is 14.9. The van der Waals surface area contributed by atoms with Gasteiger partial charge < -0.3 is 15.4 Å². The third-order valence-corrected chi connectivity index (χ3v) is 3.42. The number of rotatable bonds is 6. The van der Waals surface area contributed by atoms with Gasteiger partial charge in [0.15, 0.2) is 0 Å². The molecule has 1 aromatic rings. The molecule has 2 rings (SSSR count). The van der Waals surface area contributed by atoms with Gasteiger partial charge in [0.2, 0.25) is 0 Å². The third-order valence-electron chi connectivity index (χ3n) is 3.42. The summed E-state index contributed by atoms with van der Waals surface area (Å²) in [6.45, 7) is 8.23. The van der Waals surface area contributed by atoms with Gasteiger partial charge in [0.25, 0.3) is 0 Å². The van der Waals surface area contributed by atoms with Gasteiger partial charge in [-0.1, -0.05) is 0 Å². The van der Waals surface area contributed by atoms with Crippen molar-refractivity contribution in [3.05, 3.63) is 29.8 Å². The van der Waals surface area contributed by atoms with Gasteiger partial charge in [-0.05, 0) is 64.0 Å². The summed E-state index contributed by atoms with van der Waals surface area (Å²) >= 11 is 0. The van der Waals surface area contributed by atoms with E-state index < -0.39 is 0 Å². The minimum absolute atomic E-state index is 0.187. The highest BCUT2D eigenvalue weighted by molar-refractivity contribution is 5.97. The fourth-order valence-corrected chi connectivity index (χ4v) is 2.39. The number of ether oxygens (including phenoxy) is 1. The third kappa shape index (κ3) is 4.53. The van der Waals surface area contributed by atoms with Crippen molar-refractivity contribution >= 4 is 5.84 Å². The van der Waals surface area contributed by atoms with E-state index in [9.17, 15) is 0 Å². The predicted octanol–water partition coefficient (Wildman–Crippen LogP) is 2.27. The molecule has 0 atom stereocenters. The summed E-state index contributed by atoms with van der Waals surface area (Å²) < 4.78 is 5.61. The highest BCUT2D eigenvalue weighted by Crippen LogP contribution is 2.13. The van der Waals surface area contributed by atoms with Gasteiger partial charge in [-0.2, -0.15) is 0 Å². The molecular formula is C16H25N3O. The van der Waals surface area contributed by atoms with Crippen LogP contribution in [-0.2, 0) is 0 Å². The molecular weight excluding hydrogens is 250 g/mol. The Kier molecular flexibility index (Phi) is 5.41. The molecule has 0 radical (unpaired) electrons. The number of aliphatic imine (C=N–C) groups is 1. The Labute approximate surface area is 121 Å². The van der Waals surface area contributed by atoms with Crippen molar-refractivity contribution in [2.24, 2.45) is 10.7 Å². The monoisotopic (exact) mass is 275 g/mol. The second-order valence-electron chi connectivity index (χ2n) is 5.51. The maximum Gasteiger partial charge on any atom is 0.125 e. The van der Waals surface area contributed by atoms with E-state index in [4.69, 9.17) is 10.5 Å². The maximum absolute atomic E-state index is 6.02. The summed E-state index contributed by atoms with van der Waals surface area (Å²) in [5.74, 6) is 1.48. The Morgan fingerprint density at radius 1 is 1.25 bits per heavy atom. The van der Waals surface area contributed by atoms with Crippen LogP contribution in [0.4, 0.5) is 0 Å². The molecule has 4 nitrogen and oxygen atoms in total. The average Bonchev–Trinajstić information content (AvgIpc) is 2.92. The van der Waals surface area contributed by atoms with E-state index in [-0.39, 0.29) is 6.10 Å². The number of nitrogens with zero attached hydrogens (tertiary/aromatic N) is 2. The Balaban J connectivity index is 1.85. The molecule has 0 spiro atoms. The molecule has 0 unspecified atom stereocenters. The fourth-order valence-electron chi connectivity index (χ4n) is 2.39. The zero-order valence-corrected chi connectivity index (χ0v) is 12.5. The summed E-state index contributed by atoms with van der Waals surface area (Å²) in [7, 11) is 0. The maximum atomic E-state index is 6.02. The minimum Gasteiger partial charge on any atom is -0.491 e. The average molecular weight is 275 g/mol. The molecule has 1 aliphatic heterocycles. The van der Waals surface area contributed by atoms with Crippen molar-refractivity contribution in [1.82, 2.24) is 4.90 Å². The standard InChI is InChI=1S/C16H25N3O/c1-13(2)20-15-7-5-14(6-8-15)16(17)18-9-12-19-10-3-4-11-19/h5-8,13H,3-4,9-12H2,1-2H3,(H2,17,18). The van der Waals surface area contributed by atoms with Gasteiger partial charge in [0.1, 0.15) is 11.6 Å². The molecule has 0 bridgehead atoms. The van der Waals surface area contributed by atoms with E-state index in [1.54, 1.807) is 0 Å². The number of amidine groups is 1. The Morgan fingerprint density at radius 2 is 1.90 bits per heavy atom. The molecule has 1 heterocycles. The molecule has 0 amide bonds. The van der Waals surface area contributed by atoms with Crippen molar-refractivity contribution in [3.8, 4) is 5.75 Å². The van der Waals surface area contributed by atoms with Crippen molar-refractivity contribution in [1.29, 1.82) is 0 Å². The first-order valence-corrected chi connectivity index (χ1v) is 7.44. The normalized spacial score (nSPS) is 16.9. The minimum atomic E-state index is 0.187. The highest BCUT2D eigenvalue weighted by Gasteiger charge is 2.10. The molecule has 0 saturated carbocycles. The van der Waals surface area contributed by atoms with Gasteiger partial charge in [-0.25, -0.2) is 0 Å². The lowest BCUT2D eigenvalue weighted by molar-refractivity contribution is 0.242. The van der Waals surface area contributed by atoms with E-state index in [1.165, 1.54) is 25.9 Å². The zero-order valence-electron chi connectivity index (χ0n) is 12.5. The summed E-state index contributed by atoms with van der Waals surface area (Å²) in [6, 6.07) is 7.81. The second-order valence-corrected chi connectivity index (χ2v) is 5.51. The predicted molar refractivity (Wildman–Crippen MR) is 83.5 cm³/mol.